The number of hydrogen-bond donors (Lipinski definition) is 3. The number of ether oxygens (including phenoxy) is 1. The van der Waals surface area contributed by atoms with Crippen LogP contribution < -0.4 is 10.6 Å². The Labute approximate surface area is 147 Å². The zero-order chi connectivity index (χ0) is 15.2. The van der Waals surface area contributed by atoms with Crippen LogP contribution in [0.25, 0.3) is 0 Å². The third-order valence-corrected chi connectivity index (χ3v) is 2.94. The monoisotopic (exact) mass is 415 g/mol. The van der Waals surface area contributed by atoms with E-state index in [-0.39, 0.29) is 30.6 Å². The fraction of sp³-hybridized carbons (Fsp3) is 0.933. The highest BCUT2D eigenvalue weighted by Gasteiger charge is 2.10. The first-order valence-electron chi connectivity index (χ1n) is 7.84. The summed E-state index contributed by atoms with van der Waals surface area (Å²) in [6.45, 7) is 12.5. The lowest BCUT2D eigenvalue weighted by Crippen LogP contribution is -2.39. The van der Waals surface area contributed by atoms with E-state index in [1.165, 1.54) is 0 Å². The molecule has 0 bridgehead atoms. The molecule has 0 aliphatic heterocycles. The Bertz CT molecular complexity index is 251. The molecule has 128 valence electrons. The third-order valence-electron chi connectivity index (χ3n) is 2.94. The summed E-state index contributed by atoms with van der Waals surface area (Å²) in [5.41, 5.74) is 0. The van der Waals surface area contributed by atoms with E-state index >= 15 is 0 Å². The first-order valence-corrected chi connectivity index (χ1v) is 7.84. The average Bonchev–Trinajstić information content (AvgIpc) is 2.40. The van der Waals surface area contributed by atoms with Crippen LogP contribution in [0.1, 0.15) is 40.5 Å². The molecule has 0 fully saturated rings. The Morgan fingerprint density at radius 1 is 1.24 bits per heavy atom. The molecule has 0 rings (SSSR count). The van der Waals surface area contributed by atoms with E-state index in [0.29, 0.717) is 18.4 Å². The van der Waals surface area contributed by atoms with E-state index < -0.39 is 0 Å². The molecule has 0 aromatic heterocycles. The van der Waals surface area contributed by atoms with Crippen molar-refractivity contribution in [2.24, 2.45) is 16.8 Å². The zero-order valence-corrected chi connectivity index (χ0v) is 16.4. The molecule has 0 aromatic rings. The van der Waals surface area contributed by atoms with E-state index in [9.17, 15) is 0 Å². The Hall–Kier alpha value is -0.0800. The molecule has 0 heterocycles. The van der Waals surface area contributed by atoms with Crippen molar-refractivity contribution >= 4 is 29.9 Å². The summed E-state index contributed by atoms with van der Waals surface area (Å²) in [4.78, 5) is 4.61. The quantitative estimate of drug-likeness (QED) is 0.210. The largest absolute Gasteiger partial charge is 0.396 e. The lowest BCUT2D eigenvalue weighted by Gasteiger charge is -2.17. The van der Waals surface area contributed by atoms with Crippen molar-refractivity contribution in [3.05, 3.63) is 0 Å². The van der Waals surface area contributed by atoms with Gasteiger partial charge in [0.05, 0.1) is 6.61 Å². The van der Waals surface area contributed by atoms with Crippen molar-refractivity contribution in [1.82, 2.24) is 10.6 Å². The summed E-state index contributed by atoms with van der Waals surface area (Å²) in [6, 6.07) is 0. The Morgan fingerprint density at radius 2 is 1.95 bits per heavy atom. The molecule has 0 aliphatic carbocycles. The molecule has 1 atom stereocenters. The van der Waals surface area contributed by atoms with Crippen LogP contribution >= 0.6 is 24.0 Å². The Balaban J connectivity index is 0. The van der Waals surface area contributed by atoms with Gasteiger partial charge in [-0.2, -0.15) is 0 Å². The van der Waals surface area contributed by atoms with Crippen LogP contribution in [0.4, 0.5) is 0 Å². The normalized spacial score (nSPS) is 13.0. The van der Waals surface area contributed by atoms with Gasteiger partial charge in [0, 0.05) is 32.8 Å². The highest BCUT2D eigenvalue weighted by atomic mass is 127. The predicted molar refractivity (Wildman–Crippen MR) is 101 cm³/mol. The molecule has 21 heavy (non-hydrogen) atoms. The van der Waals surface area contributed by atoms with Crippen LogP contribution in [-0.4, -0.2) is 50.5 Å². The summed E-state index contributed by atoms with van der Waals surface area (Å²) in [6.07, 6.45) is 1.92. The minimum atomic E-state index is 0. The number of nitrogens with zero attached hydrogens (tertiary/aromatic N) is 1. The van der Waals surface area contributed by atoms with Crippen LogP contribution in [0.15, 0.2) is 4.99 Å². The summed E-state index contributed by atoms with van der Waals surface area (Å²) < 4.78 is 5.30. The van der Waals surface area contributed by atoms with Gasteiger partial charge in [-0.05, 0) is 38.5 Å². The van der Waals surface area contributed by atoms with Crippen molar-refractivity contribution in [2.45, 2.75) is 40.5 Å². The minimum Gasteiger partial charge on any atom is -0.396 e. The van der Waals surface area contributed by atoms with E-state index in [1.54, 1.807) is 0 Å². The second kappa shape index (κ2) is 16.3. The van der Waals surface area contributed by atoms with Gasteiger partial charge in [0.1, 0.15) is 0 Å². The van der Waals surface area contributed by atoms with Crippen LogP contribution in [-0.2, 0) is 4.74 Å². The van der Waals surface area contributed by atoms with E-state index in [1.807, 2.05) is 6.92 Å². The Kier molecular flexibility index (Phi) is 18.0. The standard InChI is InChI=1S/C15H33N3O2.HI/c1-5-16-15(17-8-10-20-6-2)18-12-14(7-9-19)11-13(3)4;/h13-14,19H,5-12H2,1-4H3,(H2,16,17,18);1H. The van der Waals surface area contributed by atoms with Gasteiger partial charge in [-0.1, -0.05) is 13.8 Å². The number of guanidine groups is 1. The highest BCUT2D eigenvalue weighted by molar-refractivity contribution is 14.0. The molecule has 0 radical (unpaired) electrons. The smallest absolute Gasteiger partial charge is 0.191 e. The SMILES string of the molecule is CCNC(=NCC(CCO)CC(C)C)NCCOCC.I. The maximum Gasteiger partial charge on any atom is 0.191 e. The molecule has 1 unspecified atom stereocenters. The van der Waals surface area contributed by atoms with Crippen molar-refractivity contribution in [2.75, 3.05) is 39.5 Å². The Morgan fingerprint density at radius 3 is 2.48 bits per heavy atom. The second-order valence-electron chi connectivity index (χ2n) is 5.35. The van der Waals surface area contributed by atoms with Gasteiger partial charge in [-0.15, -0.1) is 24.0 Å². The molecule has 0 saturated carbocycles. The molecule has 0 spiro atoms. The molecule has 0 saturated heterocycles. The number of aliphatic imine (C=N–C) groups is 1. The van der Waals surface area contributed by atoms with Crippen molar-refractivity contribution < 1.29 is 9.84 Å². The molecule has 0 aliphatic rings. The molecular formula is C15H34IN3O2. The van der Waals surface area contributed by atoms with Crippen LogP contribution in [0.3, 0.4) is 0 Å². The summed E-state index contributed by atoms with van der Waals surface area (Å²) in [5, 5.41) is 15.6. The maximum atomic E-state index is 9.12. The number of halogens is 1. The van der Waals surface area contributed by atoms with Crippen LogP contribution in [0.5, 0.6) is 0 Å². The van der Waals surface area contributed by atoms with Crippen molar-refractivity contribution in [3.63, 3.8) is 0 Å². The first-order chi connectivity index (χ1) is 9.63. The number of hydrogen-bond acceptors (Lipinski definition) is 3. The molecule has 3 N–H and O–H groups in total. The second-order valence-corrected chi connectivity index (χ2v) is 5.35. The van der Waals surface area contributed by atoms with Crippen molar-refractivity contribution in [3.8, 4) is 0 Å². The number of aliphatic hydroxyl groups is 1. The average molecular weight is 415 g/mol. The fourth-order valence-corrected chi connectivity index (χ4v) is 2.08. The van der Waals surface area contributed by atoms with Crippen LogP contribution in [0.2, 0.25) is 0 Å². The fourth-order valence-electron chi connectivity index (χ4n) is 2.08. The minimum absolute atomic E-state index is 0. The van der Waals surface area contributed by atoms with Gasteiger partial charge in [-0.3, -0.25) is 4.99 Å². The molecular weight excluding hydrogens is 381 g/mol. The summed E-state index contributed by atoms with van der Waals surface area (Å²) in [7, 11) is 0. The summed E-state index contributed by atoms with van der Waals surface area (Å²) in [5.74, 6) is 1.91. The molecule has 6 heteroatoms. The van der Waals surface area contributed by atoms with Crippen molar-refractivity contribution in [1.29, 1.82) is 0 Å². The van der Waals surface area contributed by atoms with Gasteiger partial charge in [-0.25, -0.2) is 0 Å². The van der Waals surface area contributed by atoms with Gasteiger partial charge >= 0.3 is 0 Å². The predicted octanol–water partition coefficient (Wildman–Crippen LogP) is 2.24. The lowest BCUT2D eigenvalue weighted by molar-refractivity contribution is 0.152. The first kappa shape index (κ1) is 23.2. The number of nitrogens with one attached hydrogen (secondary N) is 2. The van der Waals surface area contributed by atoms with E-state index in [2.05, 4.69) is 36.4 Å². The number of rotatable bonds is 11. The maximum absolute atomic E-state index is 9.12. The molecule has 0 aromatic carbocycles. The summed E-state index contributed by atoms with van der Waals surface area (Å²) >= 11 is 0. The molecule has 0 amide bonds. The lowest BCUT2D eigenvalue weighted by atomic mass is 9.94. The molecule has 5 nitrogen and oxygen atoms in total. The third kappa shape index (κ3) is 14.6. The number of aliphatic hydroxyl groups excluding tert-OH is 1. The van der Waals surface area contributed by atoms with Gasteiger partial charge in [0.15, 0.2) is 5.96 Å². The topological polar surface area (TPSA) is 65.9 Å². The van der Waals surface area contributed by atoms with Gasteiger partial charge < -0.3 is 20.5 Å². The van der Waals surface area contributed by atoms with Gasteiger partial charge in [0.2, 0.25) is 0 Å². The van der Waals surface area contributed by atoms with E-state index in [0.717, 1.165) is 45.0 Å². The zero-order valence-electron chi connectivity index (χ0n) is 14.0. The van der Waals surface area contributed by atoms with Gasteiger partial charge in [0.25, 0.3) is 0 Å². The van der Waals surface area contributed by atoms with Crippen LogP contribution in [0, 0.1) is 11.8 Å². The van der Waals surface area contributed by atoms with E-state index in [4.69, 9.17) is 9.84 Å². The highest BCUT2D eigenvalue weighted by Crippen LogP contribution is 2.15.